The van der Waals surface area contributed by atoms with Crippen LogP contribution in [0, 0.1) is 0 Å². The lowest BCUT2D eigenvalue weighted by molar-refractivity contribution is 0.122. The van der Waals surface area contributed by atoms with Crippen molar-refractivity contribution in [2.75, 3.05) is 43.1 Å². The predicted molar refractivity (Wildman–Crippen MR) is 81.5 cm³/mol. The van der Waals surface area contributed by atoms with Crippen molar-refractivity contribution in [3.8, 4) is 0 Å². The summed E-state index contributed by atoms with van der Waals surface area (Å²) in [6.07, 6.45) is 6.21. The summed E-state index contributed by atoms with van der Waals surface area (Å²) in [5.74, 6) is 1.81. The molecule has 6 heteroatoms. The highest BCUT2D eigenvalue weighted by atomic mass is 16.5. The van der Waals surface area contributed by atoms with Crippen LogP contribution in [-0.2, 0) is 11.2 Å². The summed E-state index contributed by atoms with van der Waals surface area (Å²) >= 11 is 0. The Morgan fingerprint density at radius 1 is 1.24 bits per heavy atom. The molecule has 0 atom stereocenters. The van der Waals surface area contributed by atoms with Crippen LogP contribution in [0.4, 0.5) is 11.6 Å². The number of nitrogens with one attached hydrogen (secondary N) is 1. The molecule has 2 aromatic heterocycles. The SMILES string of the molecule is c1cncc(CCNc2cc(N3CCOCC3)ncn2)c1. The zero-order chi connectivity index (χ0) is 14.3. The third-order valence-electron chi connectivity index (χ3n) is 3.43. The Morgan fingerprint density at radius 2 is 2.14 bits per heavy atom. The lowest BCUT2D eigenvalue weighted by atomic mass is 10.2. The highest BCUT2D eigenvalue weighted by molar-refractivity contribution is 5.48. The van der Waals surface area contributed by atoms with E-state index in [1.54, 1.807) is 12.5 Å². The number of hydrogen-bond acceptors (Lipinski definition) is 6. The number of hydrogen-bond donors (Lipinski definition) is 1. The summed E-state index contributed by atoms with van der Waals surface area (Å²) in [5, 5.41) is 3.34. The number of aromatic nitrogens is 3. The average molecular weight is 285 g/mol. The summed E-state index contributed by atoms with van der Waals surface area (Å²) in [6.45, 7) is 4.10. The van der Waals surface area contributed by atoms with Gasteiger partial charge in [0.05, 0.1) is 13.2 Å². The van der Waals surface area contributed by atoms with E-state index in [1.165, 1.54) is 5.56 Å². The normalized spacial score (nSPS) is 15.0. The van der Waals surface area contributed by atoms with Gasteiger partial charge < -0.3 is 15.0 Å². The minimum absolute atomic E-state index is 0.758. The summed E-state index contributed by atoms with van der Waals surface area (Å²) in [4.78, 5) is 14.9. The second kappa shape index (κ2) is 6.99. The first-order valence-electron chi connectivity index (χ1n) is 7.19. The minimum Gasteiger partial charge on any atom is -0.378 e. The van der Waals surface area contributed by atoms with Gasteiger partial charge in [-0.3, -0.25) is 4.98 Å². The van der Waals surface area contributed by atoms with Crippen LogP contribution < -0.4 is 10.2 Å². The topological polar surface area (TPSA) is 63.2 Å². The van der Waals surface area contributed by atoms with E-state index in [1.807, 2.05) is 18.3 Å². The molecule has 3 rings (SSSR count). The molecule has 0 aromatic carbocycles. The molecular formula is C15H19N5O. The van der Waals surface area contributed by atoms with Crippen molar-refractivity contribution in [2.45, 2.75) is 6.42 Å². The maximum Gasteiger partial charge on any atom is 0.134 e. The highest BCUT2D eigenvalue weighted by Crippen LogP contribution is 2.15. The van der Waals surface area contributed by atoms with Crippen molar-refractivity contribution >= 4 is 11.6 Å². The summed E-state index contributed by atoms with van der Waals surface area (Å²) in [5.41, 5.74) is 1.22. The fourth-order valence-electron chi connectivity index (χ4n) is 2.29. The first kappa shape index (κ1) is 13.8. The molecule has 0 amide bonds. The first-order chi connectivity index (χ1) is 10.4. The van der Waals surface area contributed by atoms with Crippen molar-refractivity contribution in [3.63, 3.8) is 0 Å². The van der Waals surface area contributed by atoms with E-state index in [0.29, 0.717) is 0 Å². The van der Waals surface area contributed by atoms with Gasteiger partial charge in [0.2, 0.25) is 0 Å². The smallest absolute Gasteiger partial charge is 0.134 e. The first-order valence-corrected chi connectivity index (χ1v) is 7.19. The van der Waals surface area contributed by atoms with Crippen molar-refractivity contribution in [1.82, 2.24) is 15.0 Å². The average Bonchev–Trinajstić information content (AvgIpc) is 2.57. The maximum absolute atomic E-state index is 5.36. The van der Waals surface area contributed by atoms with Gasteiger partial charge in [-0.25, -0.2) is 9.97 Å². The molecule has 3 heterocycles. The van der Waals surface area contributed by atoms with E-state index >= 15 is 0 Å². The molecule has 1 N–H and O–H groups in total. The molecule has 1 aliphatic heterocycles. The molecule has 0 unspecified atom stereocenters. The van der Waals surface area contributed by atoms with E-state index in [0.717, 1.165) is 50.9 Å². The Morgan fingerprint density at radius 3 is 2.95 bits per heavy atom. The molecule has 110 valence electrons. The Balaban J connectivity index is 1.55. The van der Waals surface area contributed by atoms with E-state index in [9.17, 15) is 0 Å². The van der Waals surface area contributed by atoms with Crippen LogP contribution in [0.25, 0.3) is 0 Å². The summed E-state index contributed by atoms with van der Waals surface area (Å²) in [7, 11) is 0. The lowest BCUT2D eigenvalue weighted by Gasteiger charge is -2.27. The number of nitrogens with zero attached hydrogens (tertiary/aromatic N) is 4. The fourth-order valence-corrected chi connectivity index (χ4v) is 2.29. The van der Waals surface area contributed by atoms with Gasteiger partial charge in [0.25, 0.3) is 0 Å². The lowest BCUT2D eigenvalue weighted by Crippen LogP contribution is -2.36. The molecule has 2 aromatic rings. The van der Waals surface area contributed by atoms with Crippen LogP contribution in [0.5, 0.6) is 0 Å². The van der Waals surface area contributed by atoms with Gasteiger partial charge in [-0.05, 0) is 18.1 Å². The third kappa shape index (κ3) is 3.88. The standard InChI is InChI=1S/C15H19N5O/c1-2-13(11-16-4-1)3-5-17-14-10-15(19-12-18-14)20-6-8-21-9-7-20/h1-2,4,10-12H,3,5-9H2,(H,17,18,19). The molecule has 1 fully saturated rings. The Hall–Kier alpha value is -2.21. The van der Waals surface area contributed by atoms with Crippen molar-refractivity contribution < 1.29 is 4.74 Å². The van der Waals surface area contributed by atoms with Gasteiger partial charge in [-0.15, -0.1) is 0 Å². The molecule has 21 heavy (non-hydrogen) atoms. The number of pyridine rings is 1. The highest BCUT2D eigenvalue weighted by Gasteiger charge is 2.12. The fraction of sp³-hybridized carbons (Fsp3) is 0.400. The molecule has 0 saturated carbocycles. The number of anilines is 2. The van der Waals surface area contributed by atoms with Crippen LogP contribution in [-0.4, -0.2) is 47.8 Å². The van der Waals surface area contributed by atoms with E-state index in [2.05, 4.69) is 31.2 Å². The molecular weight excluding hydrogens is 266 g/mol. The summed E-state index contributed by atoms with van der Waals surface area (Å²) < 4.78 is 5.36. The maximum atomic E-state index is 5.36. The number of rotatable bonds is 5. The second-order valence-electron chi connectivity index (χ2n) is 4.90. The number of morpholine rings is 1. The summed E-state index contributed by atoms with van der Waals surface area (Å²) in [6, 6.07) is 6.03. The predicted octanol–water partition coefficient (Wildman–Crippen LogP) is 1.36. The van der Waals surface area contributed by atoms with Gasteiger partial charge in [0.1, 0.15) is 18.0 Å². The monoisotopic (exact) mass is 285 g/mol. The van der Waals surface area contributed by atoms with Crippen molar-refractivity contribution in [3.05, 3.63) is 42.5 Å². The van der Waals surface area contributed by atoms with E-state index in [-0.39, 0.29) is 0 Å². The zero-order valence-corrected chi connectivity index (χ0v) is 11.9. The Labute approximate surface area is 124 Å². The van der Waals surface area contributed by atoms with Gasteiger partial charge >= 0.3 is 0 Å². The van der Waals surface area contributed by atoms with Crippen LogP contribution in [0.2, 0.25) is 0 Å². The Kier molecular flexibility index (Phi) is 4.58. The third-order valence-corrected chi connectivity index (χ3v) is 3.43. The molecule has 6 nitrogen and oxygen atoms in total. The molecule has 0 bridgehead atoms. The van der Waals surface area contributed by atoms with Gasteiger partial charge in [-0.1, -0.05) is 6.07 Å². The molecule has 0 spiro atoms. The van der Waals surface area contributed by atoms with Crippen molar-refractivity contribution in [1.29, 1.82) is 0 Å². The molecule has 0 aliphatic carbocycles. The van der Waals surface area contributed by atoms with E-state index < -0.39 is 0 Å². The molecule has 0 radical (unpaired) electrons. The van der Waals surface area contributed by atoms with Crippen LogP contribution in [0.1, 0.15) is 5.56 Å². The number of ether oxygens (including phenoxy) is 1. The van der Waals surface area contributed by atoms with E-state index in [4.69, 9.17) is 4.74 Å². The van der Waals surface area contributed by atoms with Crippen molar-refractivity contribution in [2.24, 2.45) is 0 Å². The zero-order valence-electron chi connectivity index (χ0n) is 11.9. The minimum atomic E-state index is 0.758. The molecule has 1 aliphatic rings. The van der Waals surface area contributed by atoms with Gasteiger partial charge in [-0.2, -0.15) is 0 Å². The largest absolute Gasteiger partial charge is 0.378 e. The second-order valence-corrected chi connectivity index (χ2v) is 4.90. The van der Waals surface area contributed by atoms with Gasteiger partial charge in [0, 0.05) is 38.1 Å². The Bertz CT molecular complexity index is 557. The quantitative estimate of drug-likeness (QED) is 0.895. The van der Waals surface area contributed by atoms with Gasteiger partial charge in [0.15, 0.2) is 0 Å². The van der Waals surface area contributed by atoms with Crippen LogP contribution in [0.3, 0.4) is 0 Å². The van der Waals surface area contributed by atoms with Crippen LogP contribution in [0.15, 0.2) is 36.9 Å². The van der Waals surface area contributed by atoms with Crippen LogP contribution >= 0.6 is 0 Å². The molecule has 1 saturated heterocycles.